The fourth-order valence-corrected chi connectivity index (χ4v) is 1.78. The molecule has 3 N–H and O–H groups in total. The van der Waals surface area contributed by atoms with Crippen LogP contribution in [0.15, 0.2) is 18.2 Å². The topological polar surface area (TPSA) is 55.7 Å². The van der Waals surface area contributed by atoms with Gasteiger partial charge in [0.25, 0.3) is 0 Å². The Morgan fingerprint density at radius 2 is 1.89 bits per heavy atom. The second-order valence-corrected chi connectivity index (χ2v) is 5.28. The van der Waals surface area contributed by atoms with E-state index in [1.165, 1.54) is 12.5 Å². The molecule has 0 unspecified atom stereocenters. The van der Waals surface area contributed by atoms with Crippen molar-refractivity contribution >= 4 is 0 Å². The van der Waals surface area contributed by atoms with Crippen LogP contribution in [0.25, 0.3) is 0 Å². The van der Waals surface area contributed by atoms with Crippen molar-refractivity contribution in [3.63, 3.8) is 0 Å². The molecule has 4 heteroatoms. The first-order valence-corrected chi connectivity index (χ1v) is 6.92. The molecule has 0 aromatic heterocycles. The molecule has 0 bridgehead atoms. The third-order valence-electron chi connectivity index (χ3n) is 3.36. The molecule has 19 heavy (non-hydrogen) atoms. The second kappa shape index (κ2) is 8.02. The minimum atomic E-state index is -0.0690. The Morgan fingerprint density at radius 3 is 2.53 bits per heavy atom. The van der Waals surface area contributed by atoms with Gasteiger partial charge in [-0.25, -0.2) is 0 Å². The van der Waals surface area contributed by atoms with Crippen LogP contribution in [-0.2, 0) is 6.54 Å². The van der Waals surface area contributed by atoms with Gasteiger partial charge in [-0.1, -0.05) is 6.07 Å². The highest BCUT2D eigenvalue weighted by Gasteiger charge is 2.02. The van der Waals surface area contributed by atoms with Gasteiger partial charge in [0, 0.05) is 12.6 Å². The molecule has 0 heterocycles. The summed E-state index contributed by atoms with van der Waals surface area (Å²) >= 11 is 0. The fourth-order valence-electron chi connectivity index (χ4n) is 1.78. The summed E-state index contributed by atoms with van der Waals surface area (Å²) in [5.74, 6) is -0.127. The molecule has 1 aromatic rings. The number of phenols is 2. The molecule has 0 spiro atoms. The molecule has 0 aliphatic carbocycles. The van der Waals surface area contributed by atoms with Crippen molar-refractivity contribution in [3.8, 4) is 11.5 Å². The third kappa shape index (κ3) is 5.94. The van der Waals surface area contributed by atoms with Gasteiger partial charge < -0.3 is 20.4 Å². The van der Waals surface area contributed by atoms with Crippen molar-refractivity contribution in [2.45, 2.75) is 39.3 Å². The van der Waals surface area contributed by atoms with Crippen LogP contribution in [0.5, 0.6) is 11.5 Å². The molecule has 1 rings (SSSR count). The first kappa shape index (κ1) is 15.8. The lowest BCUT2D eigenvalue weighted by molar-refractivity contribution is 0.268. The summed E-state index contributed by atoms with van der Waals surface area (Å²) in [6.07, 6.45) is 2.32. The number of benzene rings is 1. The molecule has 0 radical (unpaired) electrons. The van der Waals surface area contributed by atoms with Gasteiger partial charge in [0.1, 0.15) is 0 Å². The van der Waals surface area contributed by atoms with Crippen molar-refractivity contribution in [1.82, 2.24) is 10.2 Å². The average molecular weight is 266 g/mol. The molecule has 0 aliphatic heterocycles. The number of aromatic hydroxyl groups is 2. The van der Waals surface area contributed by atoms with Crippen LogP contribution < -0.4 is 5.32 Å². The van der Waals surface area contributed by atoms with E-state index in [2.05, 4.69) is 31.1 Å². The predicted molar refractivity (Wildman–Crippen MR) is 78.5 cm³/mol. The maximum atomic E-state index is 9.37. The van der Waals surface area contributed by atoms with E-state index in [1.807, 2.05) is 6.07 Å². The lowest BCUT2D eigenvalue weighted by Crippen LogP contribution is -2.27. The van der Waals surface area contributed by atoms with Crippen molar-refractivity contribution < 1.29 is 10.2 Å². The van der Waals surface area contributed by atoms with Gasteiger partial charge in [-0.2, -0.15) is 0 Å². The lowest BCUT2D eigenvalue weighted by atomic mass is 10.2. The van der Waals surface area contributed by atoms with E-state index >= 15 is 0 Å². The van der Waals surface area contributed by atoms with E-state index in [0.29, 0.717) is 12.6 Å². The van der Waals surface area contributed by atoms with Gasteiger partial charge >= 0.3 is 0 Å². The molecule has 0 amide bonds. The predicted octanol–water partition coefficient (Wildman–Crippen LogP) is 2.31. The quantitative estimate of drug-likeness (QED) is 0.499. The van der Waals surface area contributed by atoms with Crippen molar-refractivity contribution in [3.05, 3.63) is 23.8 Å². The second-order valence-electron chi connectivity index (χ2n) is 5.28. The van der Waals surface area contributed by atoms with Gasteiger partial charge in [-0.05, 0) is 64.5 Å². The summed E-state index contributed by atoms with van der Waals surface area (Å²) in [5, 5.41) is 21.9. The Labute approximate surface area is 116 Å². The normalized spacial score (nSPS) is 11.4. The van der Waals surface area contributed by atoms with E-state index in [9.17, 15) is 10.2 Å². The number of phenolic OH excluding ortho intramolecular Hbond substituents is 2. The van der Waals surface area contributed by atoms with Crippen LogP contribution in [0.1, 0.15) is 32.3 Å². The SMILES string of the molecule is CC(C)N(C)CCCCNCc1ccc(O)c(O)c1. The fraction of sp³-hybridized carbons (Fsp3) is 0.600. The third-order valence-corrected chi connectivity index (χ3v) is 3.36. The van der Waals surface area contributed by atoms with E-state index < -0.39 is 0 Å². The molecule has 1 aromatic carbocycles. The highest BCUT2D eigenvalue weighted by molar-refractivity contribution is 5.40. The molecule has 4 nitrogen and oxygen atoms in total. The Balaban J connectivity index is 2.12. The van der Waals surface area contributed by atoms with Crippen LogP contribution in [0.4, 0.5) is 0 Å². The Kier molecular flexibility index (Phi) is 6.67. The summed E-state index contributed by atoms with van der Waals surface area (Å²) < 4.78 is 0. The Morgan fingerprint density at radius 1 is 1.16 bits per heavy atom. The summed E-state index contributed by atoms with van der Waals surface area (Å²) in [6, 6.07) is 5.53. The zero-order chi connectivity index (χ0) is 14.3. The standard InChI is InChI=1S/C15H26N2O2/c1-12(2)17(3)9-5-4-8-16-11-13-6-7-14(18)15(19)10-13/h6-7,10,12,16,18-19H,4-5,8-9,11H2,1-3H3. The molecule has 0 saturated heterocycles. The summed E-state index contributed by atoms with van der Waals surface area (Å²) in [7, 11) is 2.15. The maximum Gasteiger partial charge on any atom is 0.157 e. The summed E-state index contributed by atoms with van der Waals surface area (Å²) in [5.41, 5.74) is 0.981. The van der Waals surface area contributed by atoms with E-state index in [0.717, 1.165) is 25.1 Å². The van der Waals surface area contributed by atoms with Gasteiger partial charge in [0.05, 0.1) is 0 Å². The number of rotatable bonds is 8. The minimum Gasteiger partial charge on any atom is -0.504 e. The Hall–Kier alpha value is -1.26. The zero-order valence-corrected chi connectivity index (χ0v) is 12.2. The van der Waals surface area contributed by atoms with Crippen LogP contribution in [0, 0.1) is 0 Å². The van der Waals surface area contributed by atoms with Gasteiger partial charge in [-0.15, -0.1) is 0 Å². The van der Waals surface area contributed by atoms with Crippen molar-refractivity contribution in [1.29, 1.82) is 0 Å². The zero-order valence-electron chi connectivity index (χ0n) is 12.2. The smallest absolute Gasteiger partial charge is 0.157 e. The number of nitrogens with zero attached hydrogens (tertiary/aromatic N) is 1. The van der Waals surface area contributed by atoms with Gasteiger partial charge in [0.15, 0.2) is 11.5 Å². The lowest BCUT2D eigenvalue weighted by Gasteiger charge is -2.20. The first-order chi connectivity index (χ1) is 9.00. The summed E-state index contributed by atoms with van der Waals surface area (Å²) in [6.45, 7) is 7.21. The average Bonchev–Trinajstić information content (AvgIpc) is 2.37. The minimum absolute atomic E-state index is 0.0575. The monoisotopic (exact) mass is 266 g/mol. The van der Waals surface area contributed by atoms with E-state index in [1.54, 1.807) is 6.07 Å². The molecule has 0 aliphatic rings. The highest BCUT2D eigenvalue weighted by atomic mass is 16.3. The number of hydrogen-bond acceptors (Lipinski definition) is 4. The maximum absolute atomic E-state index is 9.37. The number of unbranched alkanes of at least 4 members (excludes halogenated alkanes) is 1. The largest absolute Gasteiger partial charge is 0.504 e. The molecule has 108 valence electrons. The summed E-state index contributed by atoms with van der Waals surface area (Å²) in [4.78, 5) is 2.35. The number of hydrogen-bond donors (Lipinski definition) is 3. The van der Waals surface area contributed by atoms with Crippen LogP contribution in [0.3, 0.4) is 0 Å². The number of nitrogens with one attached hydrogen (secondary N) is 1. The van der Waals surface area contributed by atoms with Crippen LogP contribution in [0.2, 0.25) is 0 Å². The first-order valence-electron chi connectivity index (χ1n) is 6.92. The van der Waals surface area contributed by atoms with Crippen molar-refractivity contribution in [2.75, 3.05) is 20.1 Å². The van der Waals surface area contributed by atoms with E-state index in [4.69, 9.17) is 0 Å². The van der Waals surface area contributed by atoms with Crippen molar-refractivity contribution in [2.24, 2.45) is 0 Å². The van der Waals surface area contributed by atoms with Crippen LogP contribution >= 0.6 is 0 Å². The van der Waals surface area contributed by atoms with Gasteiger partial charge in [-0.3, -0.25) is 0 Å². The van der Waals surface area contributed by atoms with Gasteiger partial charge in [0.2, 0.25) is 0 Å². The van der Waals surface area contributed by atoms with E-state index in [-0.39, 0.29) is 11.5 Å². The Bertz CT molecular complexity index is 380. The molecule has 0 fully saturated rings. The molecule has 0 atom stereocenters. The molecular weight excluding hydrogens is 240 g/mol. The molecular formula is C15H26N2O2. The molecule has 0 saturated carbocycles. The highest BCUT2D eigenvalue weighted by Crippen LogP contribution is 2.24. The van der Waals surface area contributed by atoms with Crippen LogP contribution in [-0.4, -0.2) is 41.3 Å².